The summed E-state index contributed by atoms with van der Waals surface area (Å²) in [6.45, 7) is 8.13. The SMILES string of the molecule is CCCCSc1nnc2c3ccccc3n(CC[NH+]3CCOCC3)c2n1. The molecule has 6 nitrogen and oxygen atoms in total. The highest BCUT2D eigenvalue weighted by molar-refractivity contribution is 7.99. The van der Waals surface area contributed by atoms with Gasteiger partial charge in [0.15, 0.2) is 5.65 Å². The molecule has 0 amide bonds. The molecule has 7 heteroatoms. The predicted octanol–water partition coefficient (Wildman–Crippen LogP) is 1.79. The highest BCUT2D eigenvalue weighted by Gasteiger charge is 2.18. The second kappa shape index (κ2) is 8.33. The van der Waals surface area contributed by atoms with Gasteiger partial charge in [-0.2, -0.15) is 0 Å². The zero-order valence-electron chi connectivity index (χ0n) is 15.3. The molecule has 3 heterocycles. The molecule has 2 aromatic heterocycles. The number of quaternary nitrogens is 1. The van der Waals surface area contributed by atoms with E-state index in [0.717, 1.165) is 66.9 Å². The lowest BCUT2D eigenvalue weighted by atomic mass is 10.2. The first kappa shape index (κ1) is 17.7. The number of para-hydroxylation sites is 1. The zero-order chi connectivity index (χ0) is 17.8. The Kier molecular flexibility index (Phi) is 5.67. The van der Waals surface area contributed by atoms with Gasteiger partial charge in [-0.15, -0.1) is 10.2 Å². The van der Waals surface area contributed by atoms with Crippen LogP contribution >= 0.6 is 11.8 Å². The summed E-state index contributed by atoms with van der Waals surface area (Å²) in [5.74, 6) is 1.04. The van der Waals surface area contributed by atoms with Crippen LogP contribution in [0, 0.1) is 0 Å². The minimum atomic E-state index is 0.786. The molecule has 1 aliphatic rings. The van der Waals surface area contributed by atoms with Crippen molar-refractivity contribution in [1.82, 2.24) is 19.7 Å². The first-order valence-corrected chi connectivity index (χ1v) is 10.5. The van der Waals surface area contributed by atoms with Crippen molar-refractivity contribution >= 4 is 33.8 Å². The normalized spacial score (nSPS) is 15.9. The molecule has 26 heavy (non-hydrogen) atoms. The van der Waals surface area contributed by atoms with E-state index in [1.807, 2.05) is 0 Å². The zero-order valence-corrected chi connectivity index (χ0v) is 16.1. The van der Waals surface area contributed by atoms with Crippen molar-refractivity contribution in [2.45, 2.75) is 31.5 Å². The molecule has 138 valence electrons. The fraction of sp³-hybridized carbons (Fsp3) is 0.526. The van der Waals surface area contributed by atoms with E-state index >= 15 is 0 Å². The minimum absolute atomic E-state index is 0.786. The largest absolute Gasteiger partial charge is 0.370 e. The van der Waals surface area contributed by atoms with Crippen LogP contribution in [-0.2, 0) is 11.3 Å². The summed E-state index contributed by atoms with van der Waals surface area (Å²) in [5, 5.41) is 10.8. The van der Waals surface area contributed by atoms with Crippen molar-refractivity contribution in [2.24, 2.45) is 0 Å². The van der Waals surface area contributed by atoms with Gasteiger partial charge in [-0.3, -0.25) is 0 Å². The van der Waals surface area contributed by atoms with E-state index in [2.05, 4.69) is 46.0 Å². The van der Waals surface area contributed by atoms with Crippen LogP contribution in [0.2, 0.25) is 0 Å². The first-order chi connectivity index (χ1) is 12.9. The van der Waals surface area contributed by atoms with E-state index in [4.69, 9.17) is 9.72 Å². The standard InChI is InChI=1S/C19H25N5OS/c1-2-3-14-26-19-20-18-17(21-22-19)15-6-4-5-7-16(15)24(18)9-8-23-10-12-25-13-11-23/h4-7H,2-3,8-14H2,1H3/p+1. The number of benzene rings is 1. The first-order valence-electron chi connectivity index (χ1n) is 9.52. The van der Waals surface area contributed by atoms with Gasteiger partial charge < -0.3 is 14.2 Å². The third kappa shape index (κ3) is 3.70. The van der Waals surface area contributed by atoms with Crippen LogP contribution in [0.15, 0.2) is 29.4 Å². The smallest absolute Gasteiger partial charge is 0.211 e. The number of thioether (sulfide) groups is 1. The van der Waals surface area contributed by atoms with Crippen LogP contribution in [0.25, 0.3) is 22.1 Å². The van der Waals surface area contributed by atoms with Crippen molar-refractivity contribution in [3.05, 3.63) is 24.3 Å². The molecule has 1 saturated heterocycles. The Hall–Kier alpha value is -1.70. The van der Waals surface area contributed by atoms with Gasteiger partial charge in [0.2, 0.25) is 5.16 Å². The van der Waals surface area contributed by atoms with Crippen molar-refractivity contribution in [2.75, 3.05) is 38.6 Å². The highest BCUT2D eigenvalue weighted by Crippen LogP contribution is 2.27. The lowest BCUT2D eigenvalue weighted by molar-refractivity contribution is -0.908. The van der Waals surface area contributed by atoms with Gasteiger partial charge in [-0.1, -0.05) is 43.3 Å². The Bertz CT molecular complexity index is 875. The number of morpholine rings is 1. The summed E-state index contributed by atoms with van der Waals surface area (Å²) < 4.78 is 7.80. The van der Waals surface area contributed by atoms with Gasteiger partial charge in [0.25, 0.3) is 0 Å². The van der Waals surface area contributed by atoms with Crippen molar-refractivity contribution in [1.29, 1.82) is 0 Å². The van der Waals surface area contributed by atoms with Crippen molar-refractivity contribution in [3.8, 4) is 0 Å². The summed E-state index contributed by atoms with van der Waals surface area (Å²) in [5.41, 5.74) is 3.08. The fourth-order valence-electron chi connectivity index (χ4n) is 3.46. The van der Waals surface area contributed by atoms with Crippen LogP contribution < -0.4 is 4.90 Å². The molecule has 0 bridgehead atoms. The van der Waals surface area contributed by atoms with Crippen LogP contribution in [0.1, 0.15) is 19.8 Å². The van der Waals surface area contributed by atoms with Crippen LogP contribution in [-0.4, -0.2) is 58.3 Å². The molecule has 1 aromatic carbocycles. The van der Waals surface area contributed by atoms with Gasteiger partial charge in [-0.05, 0) is 12.5 Å². The molecule has 0 saturated carbocycles. The van der Waals surface area contributed by atoms with E-state index < -0.39 is 0 Å². The number of hydrogen-bond acceptors (Lipinski definition) is 5. The lowest BCUT2D eigenvalue weighted by Crippen LogP contribution is -3.14. The Balaban J connectivity index is 1.66. The number of rotatable bonds is 7. The average Bonchev–Trinajstić information content (AvgIpc) is 3.00. The Morgan fingerprint density at radius 1 is 1.19 bits per heavy atom. The molecule has 0 aliphatic carbocycles. The average molecular weight is 373 g/mol. The van der Waals surface area contributed by atoms with E-state index in [0.29, 0.717) is 0 Å². The van der Waals surface area contributed by atoms with Gasteiger partial charge in [0.1, 0.15) is 18.6 Å². The molecule has 4 rings (SSSR count). The summed E-state index contributed by atoms with van der Waals surface area (Å²) in [6.07, 6.45) is 2.36. The number of nitrogens with one attached hydrogen (secondary N) is 1. The number of fused-ring (bicyclic) bond motifs is 3. The number of aromatic nitrogens is 4. The second-order valence-electron chi connectivity index (χ2n) is 6.75. The third-order valence-corrected chi connectivity index (χ3v) is 5.90. The minimum Gasteiger partial charge on any atom is -0.370 e. The van der Waals surface area contributed by atoms with Crippen molar-refractivity contribution in [3.63, 3.8) is 0 Å². The van der Waals surface area contributed by atoms with E-state index in [9.17, 15) is 0 Å². The molecule has 0 unspecified atom stereocenters. The van der Waals surface area contributed by atoms with Gasteiger partial charge in [-0.25, -0.2) is 4.98 Å². The van der Waals surface area contributed by atoms with Crippen LogP contribution in [0.4, 0.5) is 0 Å². The maximum Gasteiger partial charge on any atom is 0.211 e. The van der Waals surface area contributed by atoms with E-state index in [-0.39, 0.29) is 0 Å². The van der Waals surface area contributed by atoms with Crippen LogP contribution in [0.3, 0.4) is 0 Å². The highest BCUT2D eigenvalue weighted by atomic mass is 32.2. The lowest BCUT2D eigenvalue weighted by Gasteiger charge is -2.24. The molecule has 0 spiro atoms. The molecule has 1 fully saturated rings. The quantitative estimate of drug-likeness (QED) is 0.506. The number of unbranched alkanes of at least 4 members (excludes halogenated alkanes) is 1. The molecule has 3 aromatic rings. The van der Waals surface area contributed by atoms with Gasteiger partial charge >= 0.3 is 0 Å². The predicted molar refractivity (Wildman–Crippen MR) is 105 cm³/mol. The van der Waals surface area contributed by atoms with E-state index in [1.165, 1.54) is 18.4 Å². The molecule has 0 radical (unpaired) electrons. The van der Waals surface area contributed by atoms with Gasteiger partial charge in [0, 0.05) is 11.1 Å². The number of ether oxygens (including phenoxy) is 1. The second-order valence-corrected chi connectivity index (χ2v) is 7.81. The Morgan fingerprint density at radius 3 is 2.88 bits per heavy atom. The number of nitrogens with zero attached hydrogens (tertiary/aromatic N) is 4. The van der Waals surface area contributed by atoms with E-state index in [1.54, 1.807) is 16.7 Å². The monoisotopic (exact) mass is 372 g/mol. The van der Waals surface area contributed by atoms with Gasteiger partial charge in [0.05, 0.1) is 31.8 Å². The molecular weight excluding hydrogens is 346 g/mol. The summed E-state index contributed by atoms with van der Waals surface area (Å²) in [7, 11) is 0. The molecule has 1 aliphatic heterocycles. The maximum absolute atomic E-state index is 5.48. The molecular formula is C19H26N5OS+. The van der Waals surface area contributed by atoms with Crippen LogP contribution in [0.5, 0.6) is 0 Å². The third-order valence-electron chi connectivity index (χ3n) is 4.97. The number of hydrogen-bond donors (Lipinski definition) is 1. The maximum atomic E-state index is 5.48. The Labute approximate surface area is 157 Å². The summed E-state index contributed by atoms with van der Waals surface area (Å²) in [4.78, 5) is 6.47. The topological polar surface area (TPSA) is 57.3 Å². The molecule has 1 N–H and O–H groups in total. The Morgan fingerprint density at radius 2 is 2.04 bits per heavy atom. The summed E-state index contributed by atoms with van der Waals surface area (Å²) in [6, 6.07) is 8.43. The summed E-state index contributed by atoms with van der Waals surface area (Å²) >= 11 is 1.70. The van der Waals surface area contributed by atoms with Crippen molar-refractivity contribution < 1.29 is 9.64 Å². The molecule has 0 atom stereocenters. The fourth-order valence-corrected chi connectivity index (χ4v) is 4.33.